The van der Waals surface area contributed by atoms with Crippen LogP contribution < -0.4 is 0 Å². The molecule has 1 fully saturated rings. The van der Waals surface area contributed by atoms with Crippen molar-refractivity contribution in [3.63, 3.8) is 0 Å². The van der Waals surface area contributed by atoms with Gasteiger partial charge in [-0.05, 0) is 0 Å². The number of hydrogen-bond acceptors (Lipinski definition) is 3. The zero-order chi connectivity index (χ0) is 5.11. The van der Waals surface area contributed by atoms with Gasteiger partial charge in [0.1, 0.15) is 0 Å². The van der Waals surface area contributed by atoms with Gasteiger partial charge in [0.15, 0.2) is 0 Å². The van der Waals surface area contributed by atoms with Gasteiger partial charge in [-0.3, -0.25) is 0 Å². The molecule has 0 atom stereocenters. The Balaban J connectivity index is 2.14. The number of aliphatic hydroxyl groups is 1. The Morgan fingerprint density at radius 1 is 1.43 bits per heavy atom. The lowest BCUT2D eigenvalue weighted by atomic mass is 10.2. The van der Waals surface area contributed by atoms with E-state index in [1.54, 1.807) is 0 Å². The minimum absolute atomic E-state index is 0.167. The van der Waals surface area contributed by atoms with Crippen molar-refractivity contribution in [2.45, 2.75) is 0 Å². The Hall–Kier alpha value is -0.120. The van der Waals surface area contributed by atoms with E-state index < -0.39 is 0 Å². The molecule has 3 nitrogen and oxygen atoms in total. The third-order valence-corrected chi connectivity index (χ3v) is 0.949. The number of rotatable bonds is 1. The molecular weight excluding hydrogens is 96.0 g/mol. The van der Waals surface area contributed by atoms with Gasteiger partial charge in [0.25, 0.3) is 0 Å². The van der Waals surface area contributed by atoms with Crippen molar-refractivity contribution >= 4 is 0 Å². The SMILES string of the molecule is OCC1COOC1. The van der Waals surface area contributed by atoms with E-state index in [4.69, 9.17) is 5.11 Å². The van der Waals surface area contributed by atoms with Crippen LogP contribution in [-0.4, -0.2) is 24.9 Å². The molecule has 3 heteroatoms. The van der Waals surface area contributed by atoms with Crippen LogP contribution in [0, 0.1) is 5.92 Å². The molecule has 0 amide bonds. The molecule has 0 unspecified atom stereocenters. The summed E-state index contributed by atoms with van der Waals surface area (Å²) in [5.41, 5.74) is 0. The molecule has 0 aromatic rings. The minimum atomic E-state index is 0.167. The molecule has 1 heterocycles. The van der Waals surface area contributed by atoms with Crippen molar-refractivity contribution in [2.75, 3.05) is 19.8 Å². The van der Waals surface area contributed by atoms with Gasteiger partial charge in [-0.25, -0.2) is 9.78 Å². The summed E-state index contributed by atoms with van der Waals surface area (Å²) in [5, 5.41) is 8.41. The van der Waals surface area contributed by atoms with E-state index >= 15 is 0 Å². The van der Waals surface area contributed by atoms with Gasteiger partial charge in [0.2, 0.25) is 0 Å². The molecule has 0 aromatic heterocycles. The Morgan fingerprint density at radius 3 is 2.29 bits per heavy atom. The molecule has 0 saturated carbocycles. The normalized spacial score (nSPS) is 23.6. The van der Waals surface area contributed by atoms with Crippen molar-refractivity contribution in [1.29, 1.82) is 0 Å². The number of aliphatic hydroxyl groups excluding tert-OH is 1. The highest BCUT2D eigenvalue weighted by Gasteiger charge is 2.14. The fraction of sp³-hybridized carbons (Fsp3) is 1.00. The average Bonchev–Trinajstić information content (AvgIpc) is 2.14. The van der Waals surface area contributed by atoms with E-state index in [1.807, 2.05) is 0 Å². The lowest BCUT2D eigenvalue weighted by molar-refractivity contribution is -0.248. The smallest absolute Gasteiger partial charge is 0.0895 e. The third kappa shape index (κ3) is 1.12. The quantitative estimate of drug-likeness (QED) is 0.458. The van der Waals surface area contributed by atoms with Crippen LogP contribution in [0.25, 0.3) is 0 Å². The second-order valence-electron chi connectivity index (χ2n) is 1.62. The standard InChI is InChI=1S/C4H8O3/c5-1-4-2-6-7-3-4/h4-5H,1-3H2. The van der Waals surface area contributed by atoms with Gasteiger partial charge in [-0.15, -0.1) is 0 Å². The van der Waals surface area contributed by atoms with Crippen LogP contribution in [0.3, 0.4) is 0 Å². The van der Waals surface area contributed by atoms with E-state index in [0.29, 0.717) is 13.2 Å². The lowest BCUT2D eigenvalue weighted by Gasteiger charge is -1.93. The summed E-state index contributed by atoms with van der Waals surface area (Å²) in [5.74, 6) is 0.208. The first-order valence-corrected chi connectivity index (χ1v) is 2.28. The molecule has 1 rings (SSSR count). The lowest BCUT2D eigenvalue weighted by Crippen LogP contribution is -2.07. The predicted octanol–water partition coefficient (Wildman–Crippen LogP) is -0.443. The summed E-state index contributed by atoms with van der Waals surface area (Å²) in [7, 11) is 0. The highest BCUT2D eigenvalue weighted by molar-refractivity contribution is 4.54. The molecule has 1 aliphatic rings. The highest BCUT2D eigenvalue weighted by atomic mass is 17.2. The average molecular weight is 104 g/mol. The molecule has 0 aliphatic carbocycles. The van der Waals surface area contributed by atoms with Crippen molar-refractivity contribution in [1.82, 2.24) is 0 Å². The first-order chi connectivity index (χ1) is 3.43. The monoisotopic (exact) mass is 104 g/mol. The second-order valence-corrected chi connectivity index (χ2v) is 1.62. The first kappa shape index (κ1) is 5.03. The van der Waals surface area contributed by atoms with Crippen LogP contribution in [-0.2, 0) is 9.78 Å². The summed E-state index contributed by atoms with van der Waals surface area (Å²) in [6.07, 6.45) is 0. The van der Waals surface area contributed by atoms with E-state index in [2.05, 4.69) is 9.78 Å². The van der Waals surface area contributed by atoms with Crippen LogP contribution in [0.2, 0.25) is 0 Å². The first-order valence-electron chi connectivity index (χ1n) is 2.28. The fourth-order valence-corrected chi connectivity index (χ4v) is 0.442. The maximum Gasteiger partial charge on any atom is 0.0895 e. The summed E-state index contributed by atoms with van der Waals surface area (Å²) < 4.78 is 0. The zero-order valence-electron chi connectivity index (χ0n) is 3.96. The maximum absolute atomic E-state index is 8.41. The van der Waals surface area contributed by atoms with Crippen LogP contribution >= 0.6 is 0 Å². The van der Waals surface area contributed by atoms with Crippen molar-refractivity contribution in [3.05, 3.63) is 0 Å². The van der Waals surface area contributed by atoms with E-state index in [1.165, 1.54) is 0 Å². The molecule has 42 valence electrons. The van der Waals surface area contributed by atoms with Crippen LogP contribution in [0.1, 0.15) is 0 Å². The molecule has 0 radical (unpaired) electrons. The van der Waals surface area contributed by atoms with Crippen LogP contribution in [0.4, 0.5) is 0 Å². The Labute approximate surface area is 41.8 Å². The fourth-order valence-electron chi connectivity index (χ4n) is 0.442. The van der Waals surface area contributed by atoms with E-state index in [-0.39, 0.29) is 12.5 Å². The van der Waals surface area contributed by atoms with E-state index in [0.717, 1.165) is 0 Å². The molecule has 1 saturated heterocycles. The Morgan fingerprint density at radius 2 is 2.00 bits per heavy atom. The van der Waals surface area contributed by atoms with Crippen LogP contribution in [0.15, 0.2) is 0 Å². The van der Waals surface area contributed by atoms with Crippen molar-refractivity contribution in [3.8, 4) is 0 Å². The molecule has 1 N–H and O–H groups in total. The zero-order valence-corrected chi connectivity index (χ0v) is 3.96. The third-order valence-electron chi connectivity index (χ3n) is 0.949. The summed E-state index contributed by atoms with van der Waals surface area (Å²) in [4.78, 5) is 8.98. The molecular formula is C4H8O3. The summed E-state index contributed by atoms with van der Waals surface area (Å²) >= 11 is 0. The van der Waals surface area contributed by atoms with Crippen molar-refractivity contribution < 1.29 is 14.9 Å². The number of hydrogen-bond donors (Lipinski definition) is 1. The van der Waals surface area contributed by atoms with Crippen LogP contribution in [0.5, 0.6) is 0 Å². The molecule has 1 aliphatic heterocycles. The Bertz CT molecular complexity index is 48.9. The molecule has 0 bridgehead atoms. The van der Waals surface area contributed by atoms with Gasteiger partial charge in [-0.2, -0.15) is 0 Å². The second kappa shape index (κ2) is 2.26. The topological polar surface area (TPSA) is 38.7 Å². The molecule has 0 aromatic carbocycles. The van der Waals surface area contributed by atoms with Gasteiger partial charge in [0.05, 0.1) is 19.8 Å². The van der Waals surface area contributed by atoms with E-state index in [9.17, 15) is 0 Å². The van der Waals surface area contributed by atoms with Gasteiger partial charge in [-0.1, -0.05) is 0 Å². The summed E-state index contributed by atoms with van der Waals surface area (Å²) in [6.45, 7) is 1.24. The minimum Gasteiger partial charge on any atom is -0.396 e. The Kier molecular flexibility index (Phi) is 1.62. The predicted molar refractivity (Wildman–Crippen MR) is 22.5 cm³/mol. The largest absolute Gasteiger partial charge is 0.396 e. The molecule has 7 heavy (non-hydrogen) atoms. The summed E-state index contributed by atoms with van der Waals surface area (Å²) in [6, 6.07) is 0. The maximum atomic E-state index is 8.41. The molecule has 0 spiro atoms. The van der Waals surface area contributed by atoms with Gasteiger partial charge < -0.3 is 5.11 Å². The van der Waals surface area contributed by atoms with Crippen molar-refractivity contribution in [2.24, 2.45) is 5.92 Å². The van der Waals surface area contributed by atoms with Gasteiger partial charge >= 0.3 is 0 Å². The van der Waals surface area contributed by atoms with Gasteiger partial charge in [0, 0.05) is 5.92 Å². The highest BCUT2D eigenvalue weighted by Crippen LogP contribution is 2.04.